The number of tetrazole rings is 1. The summed E-state index contributed by atoms with van der Waals surface area (Å²) in [6.45, 7) is -0.654. The Kier molecular flexibility index (Phi) is 5.36. The van der Waals surface area contributed by atoms with Gasteiger partial charge in [0.2, 0.25) is 5.82 Å². The van der Waals surface area contributed by atoms with Crippen LogP contribution in [0.4, 0.5) is 5.69 Å². The number of hydrogen-bond acceptors (Lipinski definition) is 7. The molecule has 1 aromatic carbocycles. The number of benzene rings is 1. The number of carbonyl (C=O) groups is 2. The van der Waals surface area contributed by atoms with Gasteiger partial charge in [-0.3, -0.25) is 4.79 Å². The number of nitrogens with one attached hydrogen (secondary N) is 1. The zero-order chi connectivity index (χ0) is 17.6. The molecule has 2 heterocycles. The molecular weight excluding hydrogens is 366 g/mol. The van der Waals surface area contributed by atoms with E-state index in [1.807, 2.05) is 16.8 Å². The van der Waals surface area contributed by atoms with Gasteiger partial charge in [0.15, 0.2) is 13.2 Å². The summed E-state index contributed by atoms with van der Waals surface area (Å²) in [5, 5.41) is 18.6. The number of aromatic nitrogens is 4. The van der Waals surface area contributed by atoms with Crippen molar-refractivity contribution in [2.24, 2.45) is 0 Å². The number of nitrogens with zero attached hydrogens (tertiary/aromatic N) is 4. The topological polar surface area (TPSA) is 99.0 Å². The minimum Gasteiger partial charge on any atom is -0.454 e. The highest BCUT2D eigenvalue weighted by Crippen LogP contribution is 2.16. The molecule has 0 saturated heterocycles. The van der Waals surface area contributed by atoms with E-state index < -0.39 is 18.5 Å². The number of ether oxygens (including phenoxy) is 1. The van der Waals surface area contributed by atoms with Crippen molar-refractivity contribution in [3.05, 3.63) is 46.1 Å². The molecule has 1 N–H and O–H groups in total. The lowest BCUT2D eigenvalue weighted by molar-refractivity contribution is -0.148. The minimum atomic E-state index is -0.643. The molecule has 3 rings (SSSR count). The number of amides is 1. The molecule has 25 heavy (non-hydrogen) atoms. The number of anilines is 1. The first-order valence-corrected chi connectivity index (χ1v) is 8.43. The average Bonchev–Trinajstić information content (AvgIpc) is 3.24. The molecule has 8 nitrogen and oxygen atoms in total. The Morgan fingerprint density at radius 2 is 2.20 bits per heavy atom. The van der Waals surface area contributed by atoms with Gasteiger partial charge in [0.25, 0.3) is 5.91 Å². The molecule has 0 aliphatic carbocycles. The molecule has 3 aromatic rings. The van der Waals surface area contributed by atoms with E-state index in [4.69, 9.17) is 16.3 Å². The maximum atomic E-state index is 11.8. The summed E-state index contributed by atoms with van der Waals surface area (Å²) in [6.07, 6.45) is 0. The van der Waals surface area contributed by atoms with Gasteiger partial charge in [0.1, 0.15) is 0 Å². The first kappa shape index (κ1) is 17.1. The Balaban J connectivity index is 1.47. The van der Waals surface area contributed by atoms with Gasteiger partial charge in [-0.1, -0.05) is 17.7 Å². The van der Waals surface area contributed by atoms with Crippen LogP contribution < -0.4 is 5.32 Å². The zero-order valence-electron chi connectivity index (χ0n) is 12.8. The Bertz CT molecular complexity index is 881. The van der Waals surface area contributed by atoms with Crippen molar-refractivity contribution >= 4 is 40.5 Å². The molecule has 0 aliphatic rings. The van der Waals surface area contributed by atoms with Gasteiger partial charge < -0.3 is 10.1 Å². The van der Waals surface area contributed by atoms with E-state index in [-0.39, 0.29) is 6.54 Å². The Morgan fingerprint density at radius 3 is 2.96 bits per heavy atom. The lowest BCUT2D eigenvalue weighted by Crippen LogP contribution is -2.23. The predicted molar refractivity (Wildman–Crippen MR) is 92.2 cm³/mol. The fourth-order valence-electron chi connectivity index (χ4n) is 1.89. The van der Waals surface area contributed by atoms with Crippen LogP contribution in [0.1, 0.15) is 0 Å². The van der Waals surface area contributed by atoms with E-state index in [0.29, 0.717) is 16.5 Å². The van der Waals surface area contributed by atoms with Gasteiger partial charge in [-0.05, 0) is 34.9 Å². The van der Waals surface area contributed by atoms with Gasteiger partial charge in [0, 0.05) is 21.7 Å². The molecule has 0 atom stereocenters. The van der Waals surface area contributed by atoms with Crippen molar-refractivity contribution in [1.82, 2.24) is 20.2 Å². The van der Waals surface area contributed by atoms with Crippen LogP contribution in [0.25, 0.3) is 11.4 Å². The fraction of sp³-hybridized carbons (Fsp3) is 0.133. The van der Waals surface area contributed by atoms with E-state index in [2.05, 4.69) is 20.7 Å². The Morgan fingerprint density at radius 1 is 1.32 bits per heavy atom. The molecule has 0 fully saturated rings. The molecule has 0 unspecified atom stereocenters. The first-order chi connectivity index (χ1) is 12.1. The average molecular weight is 378 g/mol. The summed E-state index contributed by atoms with van der Waals surface area (Å²) in [4.78, 5) is 24.6. The molecule has 0 radical (unpaired) electrons. The lowest BCUT2D eigenvalue weighted by Gasteiger charge is -2.06. The molecule has 0 bridgehead atoms. The first-order valence-electron chi connectivity index (χ1n) is 7.11. The van der Waals surface area contributed by atoms with Gasteiger partial charge in [-0.25, -0.2) is 4.79 Å². The van der Waals surface area contributed by atoms with Crippen molar-refractivity contribution in [2.45, 2.75) is 6.54 Å². The summed E-state index contributed by atoms with van der Waals surface area (Å²) in [5.41, 5.74) is 1.34. The van der Waals surface area contributed by atoms with Crippen LogP contribution in [-0.2, 0) is 20.9 Å². The highest BCUT2D eigenvalue weighted by molar-refractivity contribution is 7.08. The van der Waals surface area contributed by atoms with Gasteiger partial charge >= 0.3 is 5.97 Å². The van der Waals surface area contributed by atoms with Crippen molar-refractivity contribution < 1.29 is 14.3 Å². The van der Waals surface area contributed by atoms with Crippen molar-refractivity contribution in [2.75, 3.05) is 11.9 Å². The third-order valence-electron chi connectivity index (χ3n) is 2.98. The van der Waals surface area contributed by atoms with Crippen LogP contribution in [0.3, 0.4) is 0 Å². The van der Waals surface area contributed by atoms with E-state index in [1.54, 1.807) is 24.3 Å². The number of hydrogen-bond donors (Lipinski definition) is 1. The third-order valence-corrected chi connectivity index (χ3v) is 3.89. The second-order valence-electron chi connectivity index (χ2n) is 4.87. The van der Waals surface area contributed by atoms with Crippen LogP contribution >= 0.6 is 22.9 Å². The number of carbonyl (C=O) groups excluding carboxylic acids is 2. The van der Waals surface area contributed by atoms with Crippen molar-refractivity contribution in [3.8, 4) is 11.4 Å². The molecule has 0 aliphatic heterocycles. The molecule has 0 spiro atoms. The summed E-state index contributed by atoms with van der Waals surface area (Å²) >= 11 is 7.34. The lowest BCUT2D eigenvalue weighted by atomic mass is 10.3. The molecule has 128 valence electrons. The van der Waals surface area contributed by atoms with Crippen LogP contribution in [0.15, 0.2) is 41.1 Å². The maximum Gasteiger partial charge on any atom is 0.330 e. The number of thiophene rings is 1. The number of esters is 1. The van der Waals surface area contributed by atoms with Crippen LogP contribution in [-0.4, -0.2) is 38.7 Å². The van der Waals surface area contributed by atoms with Crippen LogP contribution in [0, 0.1) is 0 Å². The maximum absolute atomic E-state index is 11.8. The van der Waals surface area contributed by atoms with Crippen molar-refractivity contribution in [3.63, 3.8) is 0 Å². The zero-order valence-corrected chi connectivity index (χ0v) is 14.3. The normalized spacial score (nSPS) is 10.4. The molecule has 1 amide bonds. The second-order valence-corrected chi connectivity index (χ2v) is 6.09. The molecule has 2 aromatic heterocycles. The van der Waals surface area contributed by atoms with E-state index in [0.717, 1.165) is 10.4 Å². The van der Waals surface area contributed by atoms with E-state index in [9.17, 15) is 9.59 Å². The highest BCUT2D eigenvalue weighted by atomic mass is 35.5. The Labute approximate surface area is 151 Å². The van der Waals surface area contributed by atoms with Gasteiger partial charge in [0.05, 0.1) is 0 Å². The van der Waals surface area contributed by atoms with E-state index in [1.165, 1.54) is 11.3 Å². The quantitative estimate of drug-likeness (QED) is 0.661. The van der Waals surface area contributed by atoms with Crippen molar-refractivity contribution in [1.29, 1.82) is 0 Å². The largest absolute Gasteiger partial charge is 0.454 e. The summed E-state index contributed by atoms with van der Waals surface area (Å²) < 4.78 is 4.90. The highest BCUT2D eigenvalue weighted by Gasteiger charge is 2.12. The number of rotatable bonds is 6. The van der Waals surface area contributed by atoms with E-state index >= 15 is 0 Å². The summed E-state index contributed by atoms with van der Waals surface area (Å²) in [6, 6.07) is 8.51. The van der Waals surface area contributed by atoms with Crippen LogP contribution in [0.2, 0.25) is 5.02 Å². The molecule has 0 saturated carbocycles. The summed E-state index contributed by atoms with van der Waals surface area (Å²) in [7, 11) is 0. The standard InChI is InChI=1S/C15H12ClN5O3S/c16-11-2-1-3-12(6-11)17-13(22)8-24-14(23)7-21-19-15(18-20-21)10-4-5-25-9-10/h1-6,9H,7-8H2,(H,17,22). The van der Waals surface area contributed by atoms with Gasteiger partial charge in [-0.2, -0.15) is 16.1 Å². The summed E-state index contributed by atoms with van der Waals surface area (Å²) in [5.74, 6) is -0.690. The number of halogens is 1. The SMILES string of the molecule is O=C(COC(=O)Cn1nnc(-c2ccsc2)n1)Nc1cccc(Cl)c1. The van der Waals surface area contributed by atoms with Crippen LogP contribution in [0.5, 0.6) is 0 Å². The minimum absolute atomic E-state index is 0.235. The molecule has 10 heteroatoms. The fourth-order valence-corrected chi connectivity index (χ4v) is 2.71. The Hall–Kier alpha value is -2.78. The third kappa shape index (κ3) is 4.85. The monoisotopic (exact) mass is 377 g/mol. The second kappa shape index (κ2) is 7.86. The predicted octanol–water partition coefficient (Wildman–Crippen LogP) is 2.24. The molecular formula is C15H12ClN5O3S. The van der Waals surface area contributed by atoms with Gasteiger partial charge in [-0.15, -0.1) is 10.2 Å². The smallest absolute Gasteiger partial charge is 0.330 e.